The van der Waals surface area contributed by atoms with Gasteiger partial charge in [-0.25, -0.2) is 18.0 Å². The minimum Gasteiger partial charge on any atom is -0.462 e. The van der Waals surface area contributed by atoms with Crippen molar-refractivity contribution in [3.8, 4) is 12.1 Å². The lowest BCUT2D eigenvalue weighted by molar-refractivity contribution is 0.0524. The number of benzene rings is 2. The molecule has 9 heteroatoms. The minimum absolute atomic E-state index is 0.0490. The van der Waals surface area contributed by atoms with Crippen LogP contribution in [0.25, 0.3) is 0 Å². The van der Waals surface area contributed by atoms with Crippen LogP contribution in [0.2, 0.25) is 0 Å². The van der Waals surface area contributed by atoms with E-state index in [9.17, 15) is 23.3 Å². The molecule has 2 aromatic carbocycles. The van der Waals surface area contributed by atoms with Crippen LogP contribution in [-0.4, -0.2) is 33.6 Å². The van der Waals surface area contributed by atoms with Crippen LogP contribution < -0.4 is 0 Å². The number of ether oxygens (including phenoxy) is 2. The third-order valence-electron chi connectivity index (χ3n) is 3.79. The number of carbonyl (C=O) groups is 2. The van der Waals surface area contributed by atoms with Gasteiger partial charge in [-0.05, 0) is 44.2 Å². The second kappa shape index (κ2) is 9.00. The van der Waals surface area contributed by atoms with Gasteiger partial charge in [0.15, 0.2) is 0 Å². The Morgan fingerprint density at radius 3 is 1.93 bits per heavy atom. The van der Waals surface area contributed by atoms with Gasteiger partial charge in [-0.3, -0.25) is 0 Å². The second-order valence-electron chi connectivity index (χ2n) is 5.59. The lowest BCUT2D eigenvalue weighted by atomic mass is 10.1. The van der Waals surface area contributed by atoms with Crippen molar-refractivity contribution in [2.45, 2.75) is 23.6 Å². The van der Waals surface area contributed by atoms with Gasteiger partial charge in [-0.2, -0.15) is 10.5 Å². The Morgan fingerprint density at radius 1 is 0.931 bits per heavy atom. The predicted molar refractivity (Wildman–Crippen MR) is 99.7 cm³/mol. The Morgan fingerprint density at radius 2 is 1.48 bits per heavy atom. The van der Waals surface area contributed by atoms with Crippen LogP contribution in [0.3, 0.4) is 0 Å². The van der Waals surface area contributed by atoms with Crippen LogP contribution in [-0.2, 0) is 19.3 Å². The van der Waals surface area contributed by atoms with Gasteiger partial charge in [0.2, 0.25) is 9.84 Å². The van der Waals surface area contributed by atoms with Crippen molar-refractivity contribution in [2.24, 2.45) is 0 Å². The SMILES string of the molecule is CCOC(=O)c1cc(C(=O)OCC)cc(S(=O)(=O)c2cccc(C#N)c2C#N)c1. The molecule has 0 radical (unpaired) electrons. The summed E-state index contributed by atoms with van der Waals surface area (Å²) in [5, 5.41) is 18.5. The van der Waals surface area contributed by atoms with Crippen LogP contribution in [0.5, 0.6) is 0 Å². The molecule has 29 heavy (non-hydrogen) atoms. The lowest BCUT2D eigenvalue weighted by Gasteiger charge is -2.11. The Hall–Kier alpha value is -3.69. The summed E-state index contributed by atoms with van der Waals surface area (Å²) in [5.74, 6) is -1.64. The maximum atomic E-state index is 13.2. The van der Waals surface area contributed by atoms with Gasteiger partial charge in [0.05, 0.1) is 45.3 Å². The molecule has 2 rings (SSSR count). The summed E-state index contributed by atoms with van der Waals surface area (Å²) < 4.78 is 36.2. The van der Waals surface area contributed by atoms with Gasteiger partial charge in [0.25, 0.3) is 0 Å². The highest BCUT2D eigenvalue weighted by molar-refractivity contribution is 7.91. The number of esters is 2. The molecule has 0 bridgehead atoms. The third-order valence-corrected chi connectivity index (χ3v) is 5.56. The summed E-state index contributed by atoms with van der Waals surface area (Å²) in [5.41, 5.74) is -0.758. The molecular weight excluding hydrogens is 396 g/mol. The maximum Gasteiger partial charge on any atom is 0.338 e. The monoisotopic (exact) mass is 412 g/mol. The van der Waals surface area contributed by atoms with Crippen molar-refractivity contribution in [2.75, 3.05) is 13.2 Å². The van der Waals surface area contributed by atoms with Gasteiger partial charge >= 0.3 is 11.9 Å². The average Bonchev–Trinajstić information content (AvgIpc) is 2.72. The van der Waals surface area contributed by atoms with E-state index >= 15 is 0 Å². The molecule has 0 aliphatic rings. The Kier molecular flexibility index (Phi) is 6.71. The highest BCUT2D eigenvalue weighted by atomic mass is 32.2. The van der Waals surface area contributed by atoms with E-state index < -0.39 is 31.6 Å². The van der Waals surface area contributed by atoms with E-state index in [0.717, 1.165) is 12.1 Å². The first-order valence-corrected chi connectivity index (χ1v) is 9.96. The number of hydrogen-bond donors (Lipinski definition) is 0. The fraction of sp³-hybridized carbons (Fsp3) is 0.200. The molecule has 0 saturated heterocycles. The summed E-state index contributed by atoms with van der Waals surface area (Å²) in [7, 11) is -4.35. The van der Waals surface area contributed by atoms with Crippen molar-refractivity contribution >= 4 is 21.8 Å². The number of rotatable bonds is 6. The van der Waals surface area contributed by atoms with E-state index in [2.05, 4.69) is 0 Å². The van der Waals surface area contributed by atoms with E-state index in [0.29, 0.717) is 0 Å². The van der Waals surface area contributed by atoms with Crippen molar-refractivity contribution in [3.63, 3.8) is 0 Å². The van der Waals surface area contributed by atoms with Crippen molar-refractivity contribution < 1.29 is 27.5 Å². The number of hydrogen-bond acceptors (Lipinski definition) is 8. The molecule has 148 valence electrons. The molecule has 0 unspecified atom stereocenters. The summed E-state index contributed by atoms with van der Waals surface area (Å²) >= 11 is 0. The van der Waals surface area contributed by atoms with Crippen molar-refractivity contribution in [1.82, 2.24) is 0 Å². The zero-order valence-electron chi connectivity index (χ0n) is 15.6. The second-order valence-corrected chi connectivity index (χ2v) is 7.51. The zero-order chi connectivity index (χ0) is 21.6. The van der Waals surface area contributed by atoms with E-state index in [1.54, 1.807) is 26.0 Å². The molecule has 0 aliphatic heterocycles. The molecule has 0 N–H and O–H groups in total. The van der Waals surface area contributed by atoms with Crippen LogP contribution in [0, 0.1) is 22.7 Å². The number of carbonyl (C=O) groups excluding carboxylic acids is 2. The summed E-state index contributed by atoms with van der Waals surface area (Å²) in [4.78, 5) is 23.5. The molecule has 2 aromatic rings. The number of sulfone groups is 1. The van der Waals surface area contributed by atoms with Crippen LogP contribution in [0.15, 0.2) is 46.2 Å². The standard InChI is InChI=1S/C20H16N2O6S/c1-3-27-19(23)14-8-15(20(24)28-4-2)10-16(9-14)29(25,26)18-7-5-6-13(11-21)17(18)12-22/h5-10H,3-4H2,1-2H3. The normalized spacial score (nSPS) is 10.5. The lowest BCUT2D eigenvalue weighted by Crippen LogP contribution is -2.13. The first-order valence-electron chi connectivity index (χ1n) is 8.47. The molecule has 0 aromatic heterocycles. The van der Waals surface area contributed by atoms with E-state index in [1.807, 2.05) is 0 Å². The molecule has 0 heterocycles. The summed E-state index contributed by atoms with van der Waals surface area (Å²) in [6.45, 7) is 3.26. The van der Waals surface area contributed by atoms with Gasteiger partial charge in [0, 0.05) is 0 Å². The molecule has 0 aliphatic carbocycles. The van der Waals surface area contributed by atoms with Crippen LogP contribution in [0.1, 0.15) is 45.7 Å². The molecule has 0 amide bonds. The highest BCUT2D eigenvalue weighted by Crippen LogP contribution is 2.28. The summed E-state index contributed by atoms with van der Waals surface area (Å²) in [6.07, 6.45) is 0. The Balaban J connectivity index is 2.76. The Labute approximate surface area is 167 Å². The molecule has 8 nitrogen and oxygen atoms in total. The third kappa shape index (κ3) is 4.42. The van der Waals surface area contributed by atoms with Gasteiger partial charge < -0.3 is 9.47 Å². The molecular formula is C20H16N2O6S. The fourth-order valence-electron chi connectivity index (χ4n) is 2.51. The topological polar surface area (TPSA) is 134 Å². The zero-order valence-corrected chi connectivity index (χ0v) is 16.4. The first-order chi connectivity index (χ1) is 13.8. The average molecular weight is 412 g/mol. The largest absolute Gasteiger partial charge is 0.462 e. The first kappa shape index (κ1) is 21.6. The van der Waals surface area contributed by atoms with Gasteiger partial charge in [-0.15, -0.1) is 0 Å². The molecule has 0 fully saturated rings. The molecule has 0 saturated carbocycles. The van der Waals surface area contributed by atoms with Crippen LogP contribution >= 0.6 is 0 Å². The quantitative estimate of drug-likeness (QED) is 0.661. The number of nitriles is 2. The van der Waals surface area contributed by atoms with E-state index in [-0.39, 0.29) is 35.5 Å². The highest BCUT2D eigenvalue weighted by Gasteiger charge is 2.26. The fourth-order valence-corrected chi connectivity index (χ4v) is 4.01. The van der Waals surface area contributed by atoms with Crippen LogP contribution in [0.4, 0.5) is 0 Å². The molecule has 0 atom stereocenters. The summed E-state index contributed by atoms with van der Waals surface area (Å²) in [6, 6.07) is 10.6. The van der Waals surface area contributed by atoms with Gasteiger partial charge in [-0.1, -0.05) is 6.07 Å². The Bertz CT molecular complexity index is 1120. The minimum atomic E-state index is -4.35. The smallest absolute Gasteiger partial charge is 0.338 e. The number of nitrogens with zero attached hydrogens (tertiary/aromatic N) is 2. The molecule has 0 spiro atoms. The van der Waals surface area contributed by atoms with Gasteiger partial charge in [0.1, 0.15) is 12.1 Å². The van der Waals surface area contributed by atoms with E-state index in [4.69, 9.17) is 14.7 Å². The van der Waals surface area contributed by atoms with E-state index in [1.165, 1.54) is 24.3 Å². The van der Waals surface area contributed by atoms with Crippen molar-refractivity contribution in [1.29, 1.82) is 10.5 Å². The van der Waals surface area contributed by atoms with Crippen molar-refractivity contribution in [3.05, 3.63) is 58.7 Å². The maximum absolute atomic E-state index is 13.2. The predicted octanol–water partition coefficient (Wildman–Crippen LogP) is 2.62.